The summed E-state index contributed by atoms with van der Waals surface area (Å²) in [5.41, 5.74) is 2.21. The molecular formula is C21H18ClN3O2S. The number of anilines is 1. The van der Waals surface area contributed by atoms with Crippen LogP contribution in [-0.4, -0.2) is 22.6 Å². The van der Waals surface area contributed by atoms with Crippen LogP contribution in [0.5, 0.6) is 5.75 Å². The number of ether oxygens (including phenoxy) is 1. The van der Waals surface area contributed by atoms with Crippen LogP contribution in [0.15, 0.2) is 72.9 Å². The second-order valence-corrected chi connectivity index (χ2v) is 6.65. The van der Waals surface area contributed by atoms with Gasteiger partial charge in [-0.15, -0.1) is 0 Å². The zero-order valence-corrected chi connectivity index (χ0v) is 16.5. The number of pyridine rings is 1. The van der Waals surface area contributed by atoms with Crippen molar-refractivity contribution in [1.82, 2.24) is 10.3 Å². The lowest BCUT2D eigenvalue weighted by Crippen LogP contribution is -2.34. The van der Waals surface area contributed by atoms with Crippen LogP contribution in [0, 0.1) is 0 Å². The highest BCUT2D eigenvalue weighted by atomic mass is 35.5. The van der Waals surface area contributed by atoms with E-state index in [4.69, 9.17) is 28.6 Å². The van der Waals surface area contributed by atoms with Gasteiger partial charge in [0.15, 0.2) is 5.11 Å². The van der Waals surface area contributed by atoms with Crippen molar-refractivity contribution in [3.8, 4) is 5.75 Å². The Labute approximate surface area is 173 Å². The lowest BCUT2D eigenvalue weighted by Gasteiger charge is -2.13. The molecule has 0 aliphatic rings. The van der Waals surface area contributed by atoms with Gasteiger partial charge in [0, 0.05) is 6.42 Å². The van der Waals surface area contributed by atoms with Gasteiger partial charge >= 0.3 is 0 Å². The lowest BCUT2D eigenvalue weighted by molar-refractivity contribution is 0.0974. The first-order valence-corrected chi connectivity index (χ1v) is 9.40. The number of aromatic nitrogens is 1. The number of amides is 1. The number of carbonyl (C=O) groups excluding carboxylic acids is 1. The van der Waals surface area contributed by atoms with E-state index in [9.17, 15) is 4.79 Å². The average Bonchev–Trinajstić information content (AvgIpc) is 2.71. The molecule has 0 fully saturated rings. The highest BCUT2D eigenvalue weighted by Gasteiger charge is 2.13. The fourth-order valence-electron chi connectivity index (χ4n) is 2.49. The summed E-state index contributed by atoms with van der Waals surface area (Å²) in [6.07, 6.45) is 2.28. The van der Waals surface area contributed by atoms with Crippen molar-refractivity contribution in [2.75, 3.05) is 11.9 Å². The molecular weight excluding hydrogens is 394 g/mol. The molecule has 1 aromatic heterocycles. The second-order valence-electron chi connectivity index (χ2n) is 5.86. The minimum absolute atomic E-state index is 0.160. The Kier molecular flexibility index (Phi) is 6.94. The third-order valence-corrected chi connectivity index (χ3v) is 4.26. The highest BCUT2D eigenvalue weighted by Crippen LogP contribution is 2.18. The fraction of sp³-hybridized carbons (Fsp3) is 0.0952. The van der Waals surface area contributed by atoms with Gasteiger partial charge in [-0.3, -0.25) is 10.1 Å². The predicted octanol–water partition coefficient (Wildman–Crippen LogP) is 4.48. The summed E-state index contributed by atoms with van der Waals surface area (Å²) in [6.45, 7) is 0.466. The molecule has 1 amide bonds. The van der Waals surface area contributed by atoms with E-state index in [1.54, 1.807) is 30.3 Å². The van der Waals surface area contributed by atoms with Crippen LogP contribution in [0.4, 0.5) is 5.69 Å². The van der Waals surface area contributed by atoms with Crippen molar-refractivity contribution >= 4 is 40.5 Å². The molecule has 3 rings (SSSR count). The average molecular weight is 412 g/mol. The number of carbonyl (C=O) groups is 1. The number of halogens is 1. The van der Waals surface area contributed by atoms with Gasteiger partial charge in [-0.1, -0.05) is 54.1 Å². The minimum atomic E-state index is -0.352. The Bertz CT molecular complexity index is 949. The van der Waals surface area contributed by atoms with E-state index in [0.717, 1.165) is 6.42 Å². The highest BCUT2D eigenvalue weighted by molar-refractivity contribution is 7.80. The number of benzene rings is 2. The van der Waals surface area contributed by atoms with Gasteiger partial charge in [0.25, 0.3) is 5.91 Å². The molecule has 0 atom stereocenters. The van der Waals surface area contributed by atoms with Gasteiger partial charge in [0.1, 0.15) is 10.9 Å². The molecule has 2 N–H and O–H groups in total. The Hall–Kier alpha value is -2.96. The molecule has 1 heterocycles. The Morgan fingerprint density at radius 2 is 1.79 bits per heavy atom. The van der Waals surface area contributed by atoms with E-state index >= 15 is 0 Å². The van der Waals surface area contributed by atoms with Gasteiger partial charge in [-0.25, -0.2) is 4.98 Å². The van der Waals surface area contributed by atoms with Crippen LogP contribution in [0.3, 0.4) is 0 Å². The van der Waals surface area contributed by atoms with Gasteiger partial charge in [0.05, 0.1) is 24.1 Å². The third kappa shape index (κ3) is 5.77. The summed E-state index contributed by atoms with van der Waals surface area (Å²) in [5.74, 6) is 0.154. The van der Waals surface area contributed by atoms with E-state index in [2.05, 4.69) is 15.6 Å². The molecule has 2 aromatic carbocycles. The monoisotopic (exact) mass is 411 g/mol. The quantitative estimate of drug-likeness (QED) is 0.462. The maximum Gasteiger partial charge on any atom is 0.261 e. The third-order valence-electron chi connectivity index (χ3n) is 3.84. The number of hydrogen-bond acceptors (Lipinski definition) is 4. The van der Waals surface area contributed by atoms with Crippen molar-refractivity contribution < 1.29 is 9.53 Å². The molecule has 3 aromatic rings. The van der Waals surface area contributed by atoms with Crippen LogP contribution < -0.4 is 15.4 Å². The van der Waals surface area contributed by atoms with Crippen LogP contribution in [0.2, 0.25) is 5.15 Å². The molecule has 0 bridgehead atoms. The smallest absolute Gasteiger partial charge is 0.261 e. The fourth-order valence-corrected chi connectivity index (χ4v) is 2.81. The standard InChI is InChI=1S/C21H18ClN3O2S/c22-19-11-10-16(14-23-19)24-21(28)25-20(26)17-8-4-5-9-18(17)27-13-12-15-6-2-1-3-7-15/h1-11,14H,12-13H2,(H2,24,25,26,28). The van der Waals surface area contributed by atoms with Crippen LogP contribution in [0.25, 0.3) is 0 Å². The number of nitrogens with one attached hydrogen (secondary N) is 2. The molecule has 0 unspecified atom stereocenters. The van der Waals surface area contributed by atoms with Gasteiger partial charge in [-0.2, -0.15) is 0 Å². The topological polar surface area (TPSA) is 63.2 Å². The first-order valence-electron chi connectivity index (χ1n) is 8.61. The summed E-state index contributed by atoms with van der Waals surface area (Å²) in [5, 5.41) is 6.08. The predicted molar refractivity (Wildman–Crippen MR) is 115 cm³/mol. The number of nitrogens with zero attached hydrogens (tertiary/aromatic N) is 1. The van der Waals surface area contributed by atoms with Crippen molar-refractivity contribution in [2.45, 2.75) is 6.42 Å². The second kappa shape index (κ2) is 9.82. The van der Waals surface area contributed by atoms with Crippen molar-refractivity contribution in [2.24, 2.45) is 0 Å². The Morgan fingerprint density at radius 1 is 1.04 bits per heavy atom. The summed E-state index contributed by atoms with van der Waals surface area (Å²) in [4.78, 5) is 16.6. The maximum atomic E-state index is 12.6. The van der Waals surface area contributed by atoms with E-state index in [0.29, 0.717) is 28.8 Å². The van der Waals surface area contributed by atoms with Crippen molar-refractivity contribution in [3.05, 3.63) is 89.2 Å². The molecule has 28 heavy (non-hydrogen) atoms. The molecule has 142 valence electrons. The van der Waals surface area contributed by atoms with Crippen LogP contribution in [-0.2, 0) is 6.42 Å². The van der Waals surface area contributed by atoms with Gasteiger partial charge < -0.3 is 10.1 Å². The van der Waals surface area contributed by atoms with Gasteiger partial charge in [-0.05, 0) is 42.0 Å². The number of rotatable bonds is 6. The normalized spacial score (nSPS) is 10.2. The molecule has 0 spiro atoms. The van der Waals surface area contributed by atoms with E-state index in [-0.39, 0.29) is 11.0 Å². The van der Waals surface area contributed by atoms with E-state index in [1.807, 2.05) is 36.4 Å². The maximum absolute atomic E-state index is 12.6. The van der Waals surface area contributed by atoms with Gasteiger partial charge in [0.2, 0.25) is 0 Å². The minimum Gasteiger partial charge on any atom is -0.492 e. The molecule has 7 heteroatoms. The first kappa shape index (κ1) is 19.8. The lowest BCUT2D eigenvalue weighted by atomic mass is 10.1. The summed E-state index contributed by atoms with van der Waals surface area (Å²) < 4.78 is 5.83. The first-order chi connectivity index (χ1) is 13.6. The van der Waals surface area contributed by atoms with Crippen LogP contribution in [0.1, 0.15) is 15.9 Å². The molecule has 5 nitrogen and oxygen atoms in total. The number of thiocarbonyl (C=S) groups is 1. The van der Waals surface area contributed by atoms with E-state index < -0.39 is 0 Å². The van der Waals surface area contributed by atoms with E-state index in [1.165, 1.54) is 11.8 Å². The molecule has 0 saturated carbocycles. The molecule has 0 aliphatic carbocycles. The number of hydrogen-bond donors (Lipinski definition) is 2. The SMILES string of the molecule is O=C(NC(=S)Nc1ccc(Cl)nc1)c1ccccc1OCCc1ccccc1. The Balaban J connectivity index is 1.58. The zero-order chi connectivity index (χ0) is 19.8. The van der Waals surface area contributed by atoms with Crippen LogP contribution >= 0.6 is 23.8 Å². The molecule has 0 aliphatic heterocycles. The molecule has 0 saturated heterocycles. The number of para-hydroxylation sites is 1. The summed E-state index contributed by atoms with van der Waals surface area (Å²) in [6, 6.07) is 20.4. The largest absolute Gasteiger partial charge is 0.492 e. The van der Waals surface area contributed by atoms with Crippen molar-refractivity contribution in [1.29, 1.82) is 0 Å². The Morgan fingerprint density at radius 3 is 2.54 bits per heavy atom. The molecule has 0 radical (unpaired) electrons. The summed E-state index contributed by atoms with van der Waals surface area (Å²) in [7, 11) is 0. The summed E-state index contributed by atoms with van der Waals surface area (Å²) >= 11 is 11.0. The zero-order valence-electron chi connectivity index (χ0n) is 14.9. The van der Waals surface area contributed by atoms with Crippen molar-refractivity contribution in [3.63, 3.8) is 0 Å².